The summed E-state index contributed by atoms with van der Waals surface area (Å²) in [5, 5.41) is 1.42. The first-order chi connectivity index (χ1) is 13.9. The number of thioether (sulfide) groups is 1. The van der Waals surface area contributed by atoms with E-state index in [9.17, 15) is 8.42 Å². The minimum absolute atomic E-state index is 0.0721. The highest BCUT2D eigenvalue weighted by molar-refractivity contribution is 8.15. The van der Waals surface area contributed by atoms with Crippen molar-refractivity contribution in [3.63, 3.8) is 0 Å². The highest BCUT2D eigenvalue weighted by Crippen LogP contribution is 2.54. The zero-order valence-electron chi connectivity index (χ0n) is 15.5. The van der Waals surface area contributed by atoms with Gasteiger partial charge in [-0.15, -0.1) is 0 Å². The van der Waals surface area contributed by atoms with Crippen LogP contribution in [-0.4, -0.2) is 19.6 Å². The van der Waals surface area contributed by atoms with E-state index >= 15 is 0 Å². The monoisotopic (exact) mass is 440 g/mol. The number of hydrogen-bond acceptors (Lipinski definition) is 4. The molecule has 0 fully saturated rings. The minimum Gasteiger partial charge on any atom is -0.250 e. The topological polar surface area (TPSA) is 49.7 Å². The van der Waals surface area contributed by atoms with Gasteiger partial charge >= 0.3 is 0 Å². The van der Waals surface area contributed by atoms with E-state index < -0.39 is 16.2 Å². The molecular weight excluding hydrogens is 424 g/mol. The summed E-state index contributed by atoms with van der Waals surface area (Å²) in [6.45, 7) is 1.94. The van der Waals surface area contributed by atoms with Gasteiger partial charge in [0.05, 0.1) is 15.8 Å². The fraction of sp³-hybridized carbons (Fsp3) is 0.136. The molecule has 2 aliphatic rings. The van der Waals surface area contributed by atoms with Gasteiger partial charge < -0.3 is 0 Å². The molecular formula is C22H17ClN2O2S2. The molecule has 5 rings (SSSR count). The van der Waals surface area contributed by atoms with Gasteiger partial charge in [0, 0.05) is 10.6 Å². The van der Waals surface area contributed by atoms with Gasteiger partial charge in [-0.1, -0.05) is 71.4 Å². The van der Waals surface area contributed by atoms with E-state index in [1.165, 1.54) is 4.31 Å². The number of halogens is 1. The van der Waals surface area contributed by atoms with Crippen LogP contribution in [0.5, 0.6) is 0 Å². The third-order valence-corrected chi connectivity index (χ3v) is 8.51. The number of benzene rings is 3. The molecule has 7 heteroatoms. The summed E-state index contributed by atoms with van der Waals surface area (Å²) >= 11 is 7.61. The number of sulfonamides is 1. The van der Waals surface area contributed by atoms with E-state index in [4.69, 9.17) is 16.6 Å². The lowest BCUT2D eigenvalue weighted by Gasteiger charge is -2.24. The lowest BCUT2D eigenvalue weighted by atomic mass is 10.1. The Labute approximate surface area is 179 Å². The van der Waals surface area contributed by atoms with Crippen LogP contribution in [0.1, 0.15) is 21.9 Å². The average molecular weight is 441 g/mol. The highest BCUT2D eigenvalue weighted by atomic mass is 35.5. The van der Waals surface area contributed by atoms with Gasteiger partial charge in [-0.25, -0.2) is 12.7 Å². The zero-order chi connectivity index (χ0) is 20.2. The lowest BCUT2D eigenvalue weighted by molar-refractivity contribution is 0.582. The number of hydrogen-bond donors (Lipinski definition) is 0. The number of anilines is 1. The molecule has 3 aromatic carbocycles. The van der Waals surface area contributed by atoms with E-state index in [1.54, 1.807) is 23.9 Å². The second kappa shape index (κ2) is 6.90. The van der Waals surface area contributed by atoms with E-state index in [-0.39, 0.29) is 10.1 Å². The van der Waals surface area contributed by atoms with Crippen molar-refractivity contribution in [3.8, 4) is 0 Å². The van der Waals surface area contributed by atoms with Crippen molar-refractivity contribution in [2.75, 3.05) is 4.31 Å². The standard InChI is InChI=1S/C22H17ClN2O2S2/c1-14-6-12-17(13-7-14)29(26,27)25-19-5-3-2-4-18(19)20-21(25)24-22(28-20)15-8-10-16(23)11-9-15/h2-13,20-21H,1H3/t20-,21+/m0/s1. The normalized spacial score (nSPS) is 20.3. The van der Waals surface area contributed by atoms with Gasteiger partial charge in [0.15, 0.2) is 6.17 Å². The van der Waals surface area contributed by atoms with E-state index in [0.29, 0.717) is 10.7 Å². The van der Waals surface area contributed by atoms with Crippen molar-refractivity contribution in [2.45, 2.75) is 23.2 Å². The van der Waals surface area contributed by atoms with Gasteiger partial charge in [-0.05, 0) is 42.8 Å². The third kappa shape index (κ3) is 3.06. The number of aryl methyl sites for hydroxylation is 1. The molecule has 0 saturated heterocycles. The average Bonchev–Trinajstić information content (AvgIpc) is 3.26. The second-order valence-corrected chi connectivity index (χ2v) is 10.4. The van der Waals surface area contributed by atoms with Crippen LogP contribution in [0.25, 0.3) is 0 Å². The summed E-state index contributed by atoms with van der Waals surface area (Å²) in [4.78, 5) is 5.12. The molecule has 0 saturated carbocycles. The van der Waals surface area contributed by atoms with Crippen LogP contribution >= 0.6 is 23.4 Å². The van der Waals surface area contributed by atoms with Crippen LogP contribution in [0, 0.1) is 6.92 Å². The highest BCUT2D eigenvalue weighted by Gasteiger charge is 2.48. The Hall–Kier alpha value is -2.28. The van der Waals surface area contributed by atoms with Crippen LogP contribution in [-0.2, 0) is 10.0 Å². The Morgan fingerprint density at radius 3 is 2.38 bits per heavy atom. The van der Waals surface area contributed by atoms with E-state index in [2.05, 4.69) is 0 Å². The van der Waals surface area contributed by atoms with E-state index in [0.717, 1.165) is 21.7 Å². The minimum atomic E-state index is -3.74. The van der Waals surface area contributed by atoms with Crippen molar-refractivity contribution in [1.82, 2.24) is 0 Å². The van der Waals surface area contributed by atoms with Crippen molar-refractivity contribution < 1.29 is 8.42 Å². The van der Waals surface area contributed by atoms with Gasteiger partial charge in [0.2, 0.25) is 0 Å². The summed E-state index contributed by atoms with van der Waals surface area (Å²) in [5.74, 6) is 0. The molecule has 2 atom stereocenters. The van der Waals surface area contributed by atoms with Crippen LogP contribution in [0.4, 0.5) is 5.69 Å². The quantitative estimate of drug-likeness (QED) is 0.546. The Kier molecular flexibility index (Phi) is 4.46. The maximum Gasteiger partial charge on any atom is 0.266 e. The largest absolute Gasteiger partial charge is 0.266 e. The molecule has 0 aliphatic carbocycles. The second-order valence-electron chi connectivity index (χ2n) is 7.07. The molecule has 0 radical (unpaired) electrons. The molecule has 2 aliphatic heterocycles. The number of fused-ring (bicyclic) bond motifs is 3. The van der Waals surface area contributed by atoms with Gasteiger partial charge in [0.25, 0.3) is 10.0 Å². The molecule has 0 amide bonds. The number of nitrogens with zero attached hydrogens (tertiary/aromatic N) is 2. The Bertz CT molecular complexity index is 1220. The Morgan fingerprint density at radius 2 is 1.66 bits per heavy atom. The fourth-order valence-corrected chi connectivity index (χ4v) is 6.80. The van der Waals surface area contributed by atoms with Crippen molar-refractivity contribution in [2.24, 2.45) is 4.99 Å². The predicted octanol–water partition coefficient (Wildman–Crippen LogP) is 5.42. The molecule has 2 heterocycles. The first kappa shape index (κ1) is 18.7. The summed E-state index contributed by atoms with van der Waals surface area (Å²) in [6, 6.07) is 22.1. The Morgan fingerprint density at radius 1 is 0.966 bits per heavy atom. The molecule has 0 unspecified atom stereocenters. The number of aliphatic imine (C=N–C) groups is 1. The first-order valence-electron chi connectivity index (χ1n) is 9.15. The molecule has 0 N–H and O–H groups in total. The lowest BCUT2D eigenvalue weighted by Crippen LogP contribution is -2.36. The predicted molar refractivity (Wildman–Crippen MR) is 119 cm³/mol. The molecule has 3 aromatic rings. The molecule has 146 valence electrons. The van der Waals surface area contributed by atoms with Crippen LogP contribution in [0.3, 0.4) is 0 Å². The summed E-state index contributed by atoms with van der Waals surface area (Å²) < 4.78 is 28.6. The van der Waals surface area contributed by atoms with Crippen molar-refractivity contribution in [3.05, 3.63) is 94.5 Å². The number of para-hydroxylation sites is 1. The number of rotatable bonds is 3. The summed E-state index contributed by atoms with van der Waals surface area (Å²) in [5.41, 5.74) is 3.66. The van der Waals surface area contributed by atoms with Crippen LogP contribution in [0.15, 0.2) is 82.7 Å². The summed E-state index contributed by atoms with van der Waals surface area (Å²) in [7, 11) is -3.74. The molecule has 0 spiro atoms. The Balaban J connectivity index is 1.62. The van der Waals surface area contributed by atoms with Crippen molar-refractivity contribution >= 4 is 44.1 Å². The fourth-order valence-electron chi connectivity index (χ4n) is 3.70. The smallest absolute Gasteiger partial charge is 0.250 e. The first-order valence-corrected chi connectivity index (χ1v) is 11.9. The summed E-state index contributed by atoms with van der Waals surface area (Å²) in [6.07, 6.45) is -0.505. The molecule has 0 aromatic heterocycles. The van der Waals surface area contributed by atoms with Crippen LogP contribution in [0.2, 0.25) is 5.02 Å². The van der Waals surface area contributed by atoms with Crippen molar-refractivity contribution in [1.29, 1.82) is 0 Å². The molecule has 0 bridgehead atoms. The SMILES string of the molecule is Cc1ccc(S(=O)(=O)N2c3ccccc3[C@@H]3SC(c4ccc(Cl)cc4)=N[C@@H]32)cc1. The molecule has 4 nitrogen and oxygen atoms in total. The van der Waals surface area contributed by atoms with Crippen LogP contribution < -0.4 is 4.31 Å². The van der Waals surface area contributed by atoms with Gasteiger partial charge in [-0.3, -0.25) is 4.99 Å². The maximum atomic E-state index is 13.6. The van der Waals surface area contributed by atoms with E-state index in [1.807, 2.05) is 67.6 Å². The third-order valence-electron chi connectivity index (χ3n) is 5.15. The maximum absolute atomic E-state index is 13.6. The molecule has 29 heavy (non-hydrogen) atoms. The zero-order valence-corrected chi connectivity index (χ0v) is 17.9. The van der Waals surface area contributed by atoms with Gasteiger partial charge in [-0.2, -0.15) is 0 Å². The van der Waals surface area contributed by atoms with Gasteiger partial charge in [0.1, 0.15) is 5.04 Å².